The number of nitrogens with two attached hydrogens (primary N) is 1. The minimum atomic E-state index is -0.619. The number of carbonyl (C=O) groups is 1. The quantitative estimate of drug-likeness (QED) is 0.379. The summed E-state index contributed by atoms with van der Waals surface area (Å²) in [5, 5.41) is 19.6. The van der Waals surface area contributed by atoms with Gasteiger partial charge in [-0.15, -0.1) is 0 Å². The van der Waals surface area contributed by atoms with Crippen molar-refractivity contribution in [3.63, 3.8) is 0 Å². The van der Waals surface area contributed by atoms with Gasteiger partial charge in [0.2, 0.25) is 0 Å². The SMILES string of the molecule is Cn1ncc(Cl)c1-c1cc(NC(=O)Nc2ccc(F)cc2O)ccc1OC(C)(C)CCN. The zero-order valence-electron chi connectivity index (χ0n) is 17.9. The van der Waals surface area contributed by atoms with Gasteiger partial charge < -0.3 is 26.2 Å². The number of phenols is 1. The second-order valence-corrected chi connectivity index (χ2v) is 8.22. The number of aromatic hydroxyl groups is 1. The minimum Gasteiger partial charge on any atom is -0.506 e. The van der Waals surface area contributed by atoms with E-state index in [2.05, 4.69) is 15.7 Å². The highest BCUT2D eigenvalue weighted by Crippen LogP contribution is 2.38. The Labute approximate surface area is 190 Å². The van der Waals surface area contributed by atoms with Gasteiger partial charge >= 0.3 is 6.03 Å². The Bertz CT molecular complexity index is 1110. The van der Waals surface area contributed by atoms with Crippen LogP contribution in [0.2, 0.25) is 5.02 Å². The van der Waals surface area contributed by atoms with E-state index in [0.29, 0.717) is 40.7 Å². The Morgan fingerprint density at radius 1 is 1.28 bits per heavy atom. The van der Waals surface area contributed by atoms with Gasteiger partial charge in [-0.1, -0.05) is 11.6 Å². The summed E-state index contributed by atoms with van der Waals surface area (Å²) >= 11 is 6.36. The van der Waals surface area contributed by atoms with Gasteiger partial charge in [0.15, 0.2) is 0 Å². The van der Waals surface area contributed by atoms with Crippen LogP contribution in [-0.4, -0.2) is 33.1 Å². The number of halogens is 2. The molecule has 1 aromatic heterocycles. The Kier molecular flexibility index (Phi) is 6.90. The Morgan fingerprint density at radius 2 is 2.03 bits per heavy atom. The van der Waals surface area contributed by atoms with Gasteiger partial charge in [0.1, 0.15) is 22.9 Å². The van der Waals surface area contributed by atoms with Crippen LogP contribution in [0.5, 0.6) is 11.5 Å². The molecule has 1 heterocycles. The van der Waals surface area contributed by atoms with Crippen LogP contribution >= 0.6 is 11.6 Å². The Balaban J connectivity index is 1.91. The number of benzene rings is 2. The maximum Gasteiger partial charge on any atom is 0.323 e. The summed E-state index contributed by atoms with van der Waals surface area (Å²) in [6.45, 7) is 4.33. The third-order valence-corrected chi connectivity index (χ3v) is 5.00. The van der Waals surface area contributed by atoms with Crippen molar-refractivity contribution >= 4 is 29.0 Å². The number of carbonyl (C=O) groups excluding carboxylic acids is 1. The van der Waals surface area contributed by atoms with E-state index in [9.17, 15) is 14.3 Å². The van der Waals surface area contributed by atoms with Gasteiger partial charge in [-0.3, -0.25) is 4.68 Å². The molecule has 0 radical (unpaired) electrons. The summed E-state index contributed by atoms with van der Waals surface area (Å²) in [6, 6.07) is 7.79. The van der Waals surface area contributed by atoms with E-state index in [-0.39, 0.29) is 11.4 Å². The van der Waals surface area contributed by atoms with E-state index in [0.717, 1.165) is 12.1 Å². The Morgan fingerprint density at radius 3 is 2.66 bits per heavy atom. The van der Waals surface area contributed by atoms with Gasteiger partial charge in [0.05, 0.1) is 22.6 Å². The summed E-state index contributed by atoms with van der Waals surface area (Å²) in [7, 11) is 1.75. The number of aryl methyl sites for hydroxylation is 1. The molecule has 2 aromatic carbocycles. The first-order valence-electron chi connectivity index (χ1n) is 9.87. The van der Waals surface area contributed by atoms with Crippen molar-refractivity contribution in [2.45, 2.75) is 25.9 Å². The standard InChI is InChI=1S/C22H25ClFN5O3/c1-22(2,8-9-25)32-19-7-5-14(11-15(19)20-16(23)12-26-29(20)3)27-21(31)28-17-6-4-13(24)10-18(17)30/h4-7,10-12,30H,8-9,25H2,1-3H3,(H2,27,28,31). The molecule has 0 atom stereocenters. The number of amides is 2. The molecule has 0 aliphatic heterocycles. The molecule has 5 N–H and O–H groups in total. The first kappa shape index (κ1) is 23.4. The van der Waals surface area contributed by atoms with E-state index < -0.39 is 17.4 Å². The molecular formula is C22H25ClFN5O3. The highest BCUT2D eigenvalue weighted by molar-refractivity contribution is 6.33. The topological polar surface area (TPSA) is 114 Å². The summed E-state index contributed by atoms with van der Waals surface area (Å²) in [4.78, 5) is 12.4. The number of urea groups is 1. The van der Waals surface area contributed by atoms with Crippen molar-refractivity contribution in [2.24, 2.45) is 12.8 Å². The number of nitrogens with one attached hydrogen (secondary N) is 2. The molecular weight excluding hydrogens is 437 g/mol. The van der Waals surface area contributed by atoms with E-state index in [1.807, 2.05) is 13.8 Å². The lowest BCUT2D eigenvalue weighted by atomic mass is 10.0. The van der Waals surface area contributed by atoms with Crippen LogP contribution in [-0.2, 0) is 7.05 Å². The highest BCUT2D eigenvalue weighted by Gasteiger charge is 2.23. The maximum atomic E-state index is 13.2. The molecule has 0 bridgehead atoms. The van der Waals surface area contributed by atoms with Crippen molar-refractivity contribution in [2.75, 3.05) is 17.2 Å². The van der Waals surface area contributed by atoms with Crippen LogP contribution in [0.25, 0.3) is 11.3 Å². The lowest BCUT2D eigenvalue weighted by Gasteiger charge is -2.27. The predicted octanol–water partition coefficient (Wildman–Crippen LogP) is 4.74. The van der Waals surface area contributed by atoms with E-state index in [1.54, 1.807) is 29.9 Å². The largest absolute Gasteiger partial charge is 0.506 e. The van der Waals surface area contributed by atoms with E-state index in [1.165, 1.54) is 12.3 Å². The van der Waals surface area contributed by atoms with Crippen LogP contribution in [0.1, 0.15) is 20.3 Å². The average Bonchev–Trinajstić information content (AvgIpc) is 3.03. The maximum absolute atomic E-state index is 13.2. The van der Waals surface area contributed by atoms with Crippen molar-refractivity contribution in [3.8, 4) is 22.8 Å². The molecule has 3 rings (SSSR count). The van der Waals surface area contributed by atoms with E-state index >= 15 is 0 Å². The molecule has 0 fully saturated rings. The number of hydrogen-bond acceptors (Lipinski definition) is 5. The number of nitrogens with zero attached hydrogens (tertiary/aromatic N) is 2. The third-order valence-electron chi connectivity index (χ3n) is 4.73. The fraction of sp³-hybridized carbons (Fsp3) is 0.273. The van der Waals surface area contributed by atoms with Gasteiger partial charge in [0.25, 0.3) is 0 Å². The van der Waals surface area contributed by atoms with Crippen LogP contribution in [0.15, 0.2) is 42.6 Å². The first-order valence-corrected chi connectivity index (χ1v) is 10.2. The van der Waals surface area contributed by atoms with Crippen molar-refractivity contribution in [1.29, 1.82) is 0 Å². The first-order chi connectivity index (χ1) is 15.1. The molecule has 32 heavy (non-hydrogen) atoms. The molecule has 0 aliphatic carbocycles. The fourth-order valence-electron chi connectivity index (χ4n) is 3.19. The summed E-state index contributed by atoms with van der Waals surface area (Å²) in [5.74, 6) is -0.441. The second-order valence-electron chi connectivity index (χ2n) is 7.82. The number of hydrogen-bond donors (Lipinski definition) is 4. The molecule has 2 amide bonds. The number of aromatic nitrogens is 2. The van der Waals surface area contributed by atoms with Gasteiger partial charge in [-0.05, 0) is 57.1 Å². The molecule has 10 heteroatoms. The molecule has 0 aliphatic rings. The van der Waals surface area contributed by atoms with Crippen molar-refractivity contribution in [1.82, 2.24) is 9.78 Å². The predicted molar refractivity (Wildman–Crippen MR) is 123 cm³/mol. The normalized spacial score (nSPS) is 11.3. The summed E-state index contributed by atoms with van der Waals surface area (Å²) < 4.78 is 21.0. The second kappa shape index (κ2) is 9.46. The van der Waals surface area contributed by atoms with Crippen LogP contribution in [0, 0.1) is 5.82 Å². The number of anilines is 2. The van der Waals surface area contributed by atoms with E-state index in [4.69, 9.17) is 22.1 Å². The third kappa shape index (κ3) is 5.49. The van der Waals surface area contributed by atoms with Gasteiger partial charge in [0, 0.05) is 24.4 Å². The molecule has 0 saturated heterocycles. The van der Waals surface area contributed by atoms with Crippen molar-refractivity contribution in [3.05, 3.63) is 53.4 Å². The zero-order chi connectivity index (χ0) is 23.5. The van der Waals surface area contributed by atoms with Crippen LogP contribution in [0.4, 0.5) is 20.6 Å². The molecule has 0 saturated carbocycles. The molecule has 0 unspecified atom stereocenters. The number of ether oxygens (including phenoxy) is 1. The van der Waals surface area contributed by atoms with Crippen LogP contribution < -0.4 is 21.1 Å². The summed E-state index contributed by atoms with van der Waals surface area (Å²) in [5.41, 5.74) is 6.94. The molecule has 8 nitrogen and oxygen atoms in total. The van der Waals surface area contributed by atoms with Crippen LogP contribution in [0.3, 0.4) is 0 Å². The molecule has 3 aromatic rings. The fourth-order valence-corrected chi connectivity index (χ4v) is 3.45. The summed E-state index contributed by atoms with van der Waals surface area (Å²) in [6.07, 6.45) is 2.16. The smallest absolute Gasteiger partial charge is 0.323 e. The number of rotatable bonds is 7. The zero-order valence-corrected chi connectivity index (χ0v) is 18.7. The number of phenolic OH excluding ortho intramolecular Hbond substituents is 1. The van der Waals surface area contributed by atoms with Gasteiger partial charge in [-0.25, -0.2) is 9.18 Å². The average molecular weight is 462 g/mol. The monoisotopic (exact) mass is 461 g/mol. The van der Waals surface area contributed by atoms with Crippen molar-refractivity contribution < 1.29 is 19.0 Å². The Hall–Kier alpha value is -3.30. The molecule has 170 valence electrons. The lowest BCUT2D eigenvalue weighted by Crippen LogP contribution is -2.31. The minimum absolute atomic E-state index is 0.0716. The molecule has 0 spiro atoms. The van der Waals surface area contributed by atoms with Gasteiger partial charge in [-0.2, -0.15) is 5.10 Å². The lowest BCUT2D eigenvalue weighted by molar-refractivity contribution is 0.103. The highest BCUT2D eigenvalue weighted by atomic mass is 35.5.